The standard InChI is InChI=1S/C13H13F3N2O3/c14-8-3-10(16)11(4-9(8)15)17-13(21)18(6-12(19)20)5-7-1-2-7/h3-4,7H,1-2,5-6H2,(H,17,21)(H,19,20). The first-order valence-corrected chi connectivity index (χ1v) is 6.29. The lowest BCUT2D eigenvalue weighted by atomic mass is 10.3. The molecule has 0 atom stereocenters. The molecule has 21 heavy (non-hydrogen) atoms. The lowest BCUT2D eigenvalue weighted by Gasteiger charge is -2.21. The third kappa shape index (κ3) is 4.11. The van der Waals surface area contributed by atoms with Gasteiger partial charge < -0.3 is 15.3 Å². The van der Waals surface area contributed by atoms with Crippen LogP contribution in [0.2, 0.25) is 0 Å². The van der Waals surface area contributed by atoms with Gasteiger partial charge in [0.25, 0.3) is 0 Å². The lowest BCUT2D eigenvalue weighted by Crippen LogP contribution is -2.40. The molecule has 1 aromatic carbocycles. The van der Waals surface area contributed by atoms with E-state index in [0.29, 0.717) is 12.1 Å². The van der Waals surface area contributed by atoms with Crippen molar-refractivity contribution in [3.63, 3.8) is 0 Å². The quantitative estimate of drug-likeness (QED) is 0.821. The Bertz CT molecular complexity index is 576. The molecule has 2 amide bonds. The normalized spacial score (nSPS) is 13.9. The molecule has 1 fully saturated rings. The first-order valence-electron chi connectivity index (χ1n) is 6.29. The van der Waals surface area contributed by atoms with Gasteiger partial charge in [0.2, 0.25) is 0 Å². The Kier molecular flexibility index (Phi) is 4.35. The molecule has 1 aliphatic carbocycles. The van der Waals surface area contributed by atoms with Crippen molar-refractivity contribution in [2.75, 3.05) is 18.4 Å². The molecule has 0 radical (unpaired) electrons. The number of nitrogens with one attached hydrogen (secondary N) is 1. The second-order valence-corrected chi connectivity index (χ2v) is 4.89. The molecule has 1 saturated carbocycles. The van der Waals surface area contributed by atoms with Crippen LogP contribution in [0.1, 0.15) is 12.8 Å². The number of urea groups is 1. The average Bonchev–Trinajstić information content (AvgIpc) is 3.18. The lowest BCUT2D eigenvalue weighted by molar-refractivity contribution is -0.137. The number of nitrogens with zero attached hydrogens (tertiary/aromatic N) is 1. The highest BCUT2D eigenvalue weighted by Crippen LogP contribution is 2.30. The van der Waals surface area contributed by atoms with Crippen LogP contribution in [0.5, 0.6) is 0 Å². The first-order chi connectivity index (χ1) is 9.86. The number of aliphatic carboxylic acids is 1. The largest absolute Gasteiger partial charge is 0.480 e. The number of halogens is 3. The van der Waals surface area contributed by atoms with E-state index in [9.17, 15) is 22.8 Å². The number of carbonyl (C=O) groups is 2. The van der Waals surface area contributed by atoms with E-state index in [1.165, 1.54) is 0 Å². The van der Waals surface area contributed by atoms with Gasteiger partial charge in [0.1, 0.15) is 12.4 Å². The van der Waals surface area contributed by atoms with E-state index >= 15 is 0 Å². The smallest absolute Gasteiger partial charge is 0.323 e. The third-order valence-corrected chi connectivity index (χ3v) is 3.04. The Hall–Kier alpha value is -2.25. The molecule has 0 spiro atoms. The molecule has 0 heterocycles. The molecule has 1 aromatic rings. The molecule has 0 saturated heterocycles. The first kappa shape index (κ1) is 15.1. The van der Waals surface area contributed by atoms with Gasteiger partial charge >= 0.3 is 12.0 Å². The van der Waals surface area contributed by atoms with E-state index in [1.54, 1.807) is 0 Å². The number of benzene rings is 1. The van der Waals surface area contributed by atoms with Gasteiger partial charge in [0, 0.05) is 18.7 Å². The zero-order chi connectivity index (χ0) is 15.6. The van der Waals surface area contributed by atoms with Crippen molar-refractivity contribution in [2.24, 2.45) is 5.92 Å². The Balaban J connectivity index is 2.10. The molecule has 0 aliphatic heterocycles. The number of carbonyl (C=O) groups excluding carboxylic acids is 1. The maximum Gasteiger partial charge on any atom is 0.323 e. The van der Waals surface area contributed by atoms with Crippen LogP contribution in [0, 0.1) is 23.4 Å². The second kappa shape index (κ2) is 6.02. The Morgan fingerprint density at radius 3 is 2.38 bits per heavy atom. The molecular formula is C13H13F3N2O3. The van der Waals surface area contributed by atoms with Crippen molar-refractivity contribution in [3.05, 3.63) is 29.6 Å². The fraction of sp³-hybridized carbons (Fsp3) is 0.385. The highest BCUT2D eigenvalue weighted by Gasteiger charge is 2.28. The predicted molar refractivity (Wildman–Crippen MR) is 67.3 cm³/mol. The molecule has 2 rings (SSSR count). The summed E-state index contributed by atoms with van der Waals surface area (Å²) in [5.41, 5.74) is -0.537. The van der Waals surface area contributed by atoms with Gasteiger partial charge in [-0.05, 0) is 18.8 Å². The van der Waals surface area contributed by atoms with E-state index in [1.807, 2.05) is 0 Å². The molecule has 0 aromatic heterocycles. The fourth-order valence-corrected chi connectivity index (χ4v) is 1.81. The average molecular weight is 302 g/mol. The van der Waals surface area contributed by atoms with Crippen LogP contribution < -0.4 is 5.32 Å². The summed E-state index contributed by atoms with van der Waals surface area (Å²) in [5.74, 6) is -4.80. The van der Waals surface area contributed by atoms with Crippen LogP contribution in [0.15, 0.2) is 12.1 Å². The fourth-order valence-electron chi connectivity index (χ4n) is 1.81. The predicted octanol–water partition coefficient (Wildman–Crippen LogP) is 2.43. The maximum absolute atomic E-state index is 13.4. The molecule has 2 N–H and O–H groups in total. The van der Waals surface area contributed by atoms with E-state index in [2.05, 4.69) is 5.32 Å². The van der Waals surface area contributed by atoms with Gasteiger partial charge in [-0.25, -0.2) is 18.0 Å². The molecule has 5 nitrogen and oxygen atoms in total. The van der Waals surface area contributed by atoms with Crippen molar-refractivity contribution in [1.82, 2.24) is 4.90 Å². The van der Waals surface area contributed by atoms with Gasteiger partial charge in [0.15, 0.2) is 11.6 Å². The molecular weight excluding hydrogens is 289 g/mol. The Morgan fingerprint density at radius 2 is 1.81 bits per heavy atom. The van der Waals surface area contributed by atoms with E-state index in [0.717, 1.165) is 17.7 Å². The zero-order valence-electron chi connectivity index (χ0n) is 10.9. The van der Waals surface area contributed by atoms with Crippen LogP contribution in [0.3, 0.4) is 0 Å². The van der Waals surface area contributed by atoms with E-state index in [4.69, 9.17) is 5.11 Å². The maximum atomic E-state index is 13.4. The summed E-state index contributed by atoms with van der Waals surface area (Å²) in [4.78, 5) is 23.7. The molecule has 114 valence electrons. The van der Waals surface area contributed by atoms with E-state index in [-0.39, 0.29) is 12.5 Å². The van der Waals surface area contributed by atoms with Crippen LogP contribution in [-0.4, -0.2) is 35.1 Å². The van der Waals surface area contributed by atoms with Gasteiger partial charge in [-0.2, -0.15) is 0 Å². The minimum atomic E-state index is -1.37. The minimum Gasteiger partial charge on any atom is -0.480 e. The minimum absolute atomic E-state index is 0.226. The highest BCUT2D eigenvalue weighted by atomic mass is 19.2. The molecule has 0 bridgehead atoms. The van der Waals surface area contributed by atoms with E-state index < -0.39 is 41.7 Å². The number of anilines is 1. The molecule has 8 heteroatoms. The van der Waals surface area contributed by atoms with Crippen molar-refractivity contribution < 1.29 is 27.9 Å². The van der Waals surface area contributed by atoms with Crippen LogP contribution >= 0.6 is 0 Å². The van der Waals surface area contributed by atoms with Gasteiger partial charge in [0.05, 0.1) is 5.69 Å². The molecule has 1 aliphatic rings. The summed E-state index contributed by atoms with van der Waals surface area (Å²) in [6, 6.07) is -0.0411. The van der Waals surface area contributed by atoms with Gasteiger partial charge in [-0.1, -0.05) is 0 Å². The Labute approximate surface area is 118 Å². The van der Waals surface area contributed by atoms with Crippen molar-refractivity contribution in [2.45, 2.75) is 12.8 Å². The topological polar surface area (TPSA) is 69.6 Å². The number of amides is 2. The molecule has 0 unspecified atom stereocenters. The Morgan fingerprint density at radius 1 is 1.19 bits per heavy atom. The summed E-state index contributed by atoms with van der Waals surface area (Å²) < 4.78 is 39.3. The number of rotatable bonds is 5. The summed E-state index contributed by atoms with van der Waals surface area (Å²) >= 11 is 0. The number of hydrogen-bond donors (Lipinski definition) is 2. The van der Waals surface area contributed by atoms with Crippen LogP contribution in [0.4, 0.5) is 23.7 Å². The number of carboxylic acid groups (broad SMARTS) is 1. The van der Waals surface area contributed by atoms with Crippen molar-refractivity contribution in [3.8, 4) is 0 Å². The zero-order valence-corrected chi connectivity index (χ0v) is 10.9. The summed E-state index contributed by atoms with van der Waals surface area (Å²) in [6.45, 7) is -0.322. The summed E-state index contributed by atoms with van der Waals surface area (Å²) in [6.07, 6.45) is 1.78. The summed E-state index contributed by atoms with van der Waals surface area (Å²) in [7, 11) is 0. The van der Waals surface area contributed by atoms with Gasteiger partial charge in [-0.15, -0.1) is 0 Å². The summed E-state index contributed by atoms with van der Waals surface area (Å²) in [5, 5.41) is 10.8. The highest BCUT2D eigenvalue weighted by molar-refractivity contribution is 5.91. The number of hydrogen-bond acceptors (Lipinski definition) is 2. The van der Waals surface area contributed by atoms with Gasteiger partial charge in [-0.3, -0.25) is 4.79 Å². The third-order valence-electron chi connectivity index (χ3n) is 3.04. The SMILES string of the molecule is O=C(O)CN(CC1CC1)C(=O)Nc1cc(F)c(F)cc1F. The van der Waals surface area contributed by atoms with Crippen molar-refractivity contribution >= 4 is 17.7 Å². The monoisotopic (exact) mass is 302 g/mol. The second-order valence-electron chi connectivity index (χ2n) is 4.89. The van der Waals surface area contributed by atoms with Crippen molar-refractivity contribution in [1.29, 1.82) is 0 Å². The van der Waals surface area contributed by atoms with Crippen LogP contribution in [-0.2, 0) is 4.79 Å². The van der Waals surface area contributed by atoms with Crippen LogP contribution in [0.25, 0.3) is 0 Å². The number of carboxylic acids is 1.